The number of hydroxylamine groups is 2. The first-order valence-electron chi connectivity index (χ1n) is 18.3. The van der Waals surface area contributed by atoms with E-state index in [4.69, 9.17) is 15.3 Å². The minimum absolute atomic E-state index is 0.0771. The van der Waals surface area contributed by atoms with Crippen molar-refractivity contribution in [3.63, 3.8) is 0 Å². The van der Waals surface area contributed by atoms with Gasteiger partial charge in [-0.1, -0.05) is 39.0 Å². The summed E-state index contributed by atoms with van der Waals surface area (Å²) in [7, 11) is 7.85. The molecule has 1 heterocycles. The van der Waals surface area contributed by atoms with Crippen LogP contribution in [0.25, 0.3) is 11.1 Å². The van der Waals surface area contributed by atoms with Gasteiger partial charge in [-0.2, -0.15) is 5.06 Å². The van der Waals surface area contributed by atoms with E-state index in [0.717, 1.165) is 35.3 Å². The molecule has 0 spiro atoms. The molecule has 3 saturated carbocycles. The Bertz CT molecular complexity index is 1510. The van der Waals surface area contributed by atoms with Crippen molar-refractivity contribution in [2.75, 3.05) is 59.3 Å². The number of nitrogens with zero attached hydrogens (tertiary/aromatic N) is 3. The second kappa shape index (κ2) is 15.6. The van der Waals surface area contributed by atoms with Crippen molar-refractivity contribution in [2.24, 2.45) is 34.8 Å². The maximum atomic E-state index is 14.3. The first kappa shape index (κ1) is 38.0. The molecule has 0 radical (unpaired) electrons. The van der Waals surface area contributed by atoms with Crippen LogP contribution in [0.2, 0.25) is 0 Å². The highest BCUT2D eigenvalue weighted by Crippen LogP contribution is 2.61. The highest BCUT2D eigenvalue weighted by atomic mass is 16.7. The third-order valence-corrected chi connectivity index (χ3v) is 11.7. The lowest BCUT2D eigenvalue weighted by atomic mass is 9.45. The molecule has 3 aliphatic carbocycles. The summed E-state index contributed by atoms with van der Waals surface area (Å²) in [6.07, 6.45) is 0.851. The summed E-state index contributed by atoms with van der Waals surface area (Å²) in [5.74, 6) is 1.41. The summed E-state index contributed by atoms with van der Waals surface area (Å²) in [4.78, 5) is 38.0. The van der Waals surface area contributed by atoms with Gasteiger partial charge in [0.05, 0.1) is 25.4 Å². The zero-order valence-electron chi connectivity index (χ0n) is 31.5. The second-order valence-electron chi connectivity index (χ2n) is 15.7. The van der Waals surface area contributed by atoms with Crippen LogP contribution < -0.4 is 26.0 Å². The van der Waals surface area contributed by atoms with E-state index in [0.29, 0.717) is 47.6 Å². The fourth-order valence-corrected chi connectivity index (χ4v) is 8.60. The van der Waals surface area contributed by atoms with Crippen LogP contribution in [-0.4, -0.2) is 106 Å². The van der Waals surface area contributed by atoms with Crippen LogP contribution in [0.3, 0.4) is 0 Å². The zero-order valence-corrected chi connectivity index (χ0v) is 31.5. The predicted molar refractivity (Wildman–Crippen MR) is 198 cm³/mol. The van der Waals surface area contributed by atoms with Gasteiger partial charge in [0.2, 0.25) is 5.91 Å². The van der Waals surface area contributed by atoms with Gasteiger partial charge in [0, 0.05) is 68.1 Å². The van der Waals surface area contributed by atoms with E-state index in [-0.39, 0.29) is 30.9 Å². The summed E-state index contributed by atoms with van der Waals surface area (Å²) in [5, 5.41) is 19.1. The van der Waals surface area contributed by atoms with Crippen LogP contribution in [0.5, 0.6) is 5.75 Å². The lowest BCUT2D eigenvalue weighted by Gasteiger charge is -2.62. The normalized spacial score (nSPS) is 27.8. The number of anilines is 1. The Balaban J connectivity index is 1.46. The molecule has 0 unspecified atom stereocenters. The summed E-state index contributed by atoms with van der Waals surface area (Å²) in [6.45, 7) is 12.7. The zero-order chi connectivity index (χ0) is 36.5. The Hall–Kier alpha value is -3.22. The minimum atomic E-state index is -0.811. The largest absolute Gasteiger partial charge is 0.493 e. The third kappa shape index (κ3) is 7.67. The molecule has 2 aromatic carbocycles. The van der Waals surface area contributed by atoms with Crippen molar-refractivity contribution in [3.8, 4) is 16.9 Å². The number of ether oxygens (including phenoxy) is 1. The van der Waals surface area contributed by atoms with Crippen LogP contribution in [0.15, 0.2) is 36.4 Å². The topological polar surface area (TPSA) is 133 Å². The quantitative estimate of drug-likeness (QED) is 0.234. The molecule has 2 amide bonds. The number of rotatable bonds is 14. The van der Waals surface area contributed by atoms with E-state index in [1.54, 1.807) is 12.0 Å². The molecule has 4 fully saturated rings. The van der Waals surface area contributed by atoms with Crippen molar-refractivity contribution < 1.29 is 24.3 Å². The molecule has 50 heavy (non-hydrogen) atoms. The van der Waals surface area contributed by atoms with Gasteiger partial charge in [-0.3, -0.25) is 14.4 Å². The summed E-state index contributed by atoms with van der Waals surface area (Å²) >= 11 is 0. The highest BCUT2D eigenvalue weighted by Gasteiger charge is 2.57. The third-order valence-electron chi connectivity index (χ3n) is 11.7. The Morgan fingerprint density at radius 3 is 2.50 bits per heavy atom. The SMILES string of the molecule is CCOc1c(CN2O[C@@H](CN)[C@@H]([C@H](C)O)[C@H]2C(=O)N[C@H]2C[C@@H]3C[C@H]([C@@H]2C)C3(C)C)cccc1-c1cc(C(=O)NCCN(C)C)cc(N(C)C)c1. The van der Waals surface area contributed by atoms with Gasteiger partial charge in [-0.05, 0) is 87.7 Å². The number of aliphatic hydroxyl groups is 1. The molecular weight excluding hydrogens is 632 g/mol. The molecular formula is C39H60N6O5. The molecule has 2 bridgehead atoms. The van der Waals surface area contributed by atoms with E-state index in [1.165, 1.54) is 6.42 Å². The van der Waals surface area contributed by atoms with Crippen molar-refractivity contribution in [1.29, 1.82) is 0 Å². The van der Waals surface area contributed by atoms with E-state index in [9.17, 15) is 14.7 Å². The number of carbonyl (C=O) groups excluding carboxylic acids is 2. The number of amides is 2. The number of carbonyl (C=O) groups is 2. The van der Waals surface area contributed by atoms with E-state index in [1.807, 2.05) is 81.3 Å². The van der Waals surface area contributed by atoms with E-state index < -0.39 is 24.2 Å². The minimum Gasteiger partial charge on any atom is -0.493 e. The fraction of sp³-hybridized carbons (Fsp3) is 0.641. The second-order valence-corrected chi connectivity index (χ2v) is 15.7. The van der Waals surface area contributed by atoms with Crippen molar-refractivity contribution >= 4 is 17.5 Å². The number of hydrogen-bond acceptors (Lipinski definition) is 9. The standard InChI is InChI=1S/C39H60N6O5/c1-10-49-36-25(12-11-13-30(36)26-16-27(18-29(17-26)44(8)9)37(47)41-14-15-43(6)7)22-45-35(34(24(3)46)33(21-40)50-45)38(48)42-32-20-28-19-31(23(32)2)39(28,4)5/h11-13,16-18,23-24,28,31-35,46H,10,14-15,19-22,40H2,1-9H3,(H,41,47)(H,42,48)/t23-,24-,28-,31+,32-,33-,34+,35-/m0/s1. The highest BCUT2D eigenvalue weighted by molar-refractivity contribution is 5.97. The fourth-order valence-electron chi connectivity index (χ4n) is 8.60. The van der Waals surface area contributed by atoms with Crippen molar-refractivity contribution in [3.05, 3.63) is 47.5 Å². The Kier molecular flexibility index (Phi) is 11.8. The smallest absolute Gasteiger partial charge is 0.251 e. The average Bonchev–Trinajstić information content (AvgIpc) is 3.44. The van der Waals surface area contributed by atoms with Gasteiger partial charge < -0.3 is 36.0 Å². The monoisotopic (exact) mass is 692 g/mol. The van der Waals surface area contributed by atoms with E-state index >= 15 is 0 Å². The van der Waals surface area contributed by atoms with Crippen molar-refractivity contribution in [2.45, 2.75) is 78.3 Å². The Morgan fingerprint density at radius 2 is 1.90 bits per heavy atom. The molecule has 6 rings (SSSR count). The van der Waals surface area contributed by atoms with Gasteiger partial charge in [-0.15, -0.1) is 0 Å². The van der Waals surface area contributed by atoms with Crippen LogP contribution in [0.4, 0.5) is 5.69 Å². The van der Waals surface area contributed by atoms with Gasteiger partial charge in [0.15, 0.2) is 0 Å². The Labute approximate surface area is 298 Å². The van der Waals surface area contributed by atoms with Gasteiger partial charge in [0.25, 0.3) is 5.91 Å². The number of hydrogen-bond donors (Lipinski definition) is 4. The number of benzene rings is 2. The average molecular weight is 693 g/mol. The van der Waals surface area contributed by atoms with Crippen LogP contribution in [-0.2, 0) is 16.2 Å². The summed E-state index contributed by atoms with van der Waals surface area (Å²) in [5.41, 5.74) is 10.4. The van der Waals surface area contributed by atoms with Gasteiger partial charge >= 0.3 is 0 Å². The first-order valence-corrected chi connectivity index (χ1v) is 18.3. The van der Waals surface area contributed by atoms with Gasteiger partial charge in [-0.25, -0.2) is 0 Å². The Morgan fingerprint density at radius 1 is 1.16 bits per heavy atom. The predicted octanol–water partition coefficient (Wildman–Crippen LogP) is 3.74. The number of likely N-dealkylation sites (N-methyl/N-ethyl adjacent to an activating group) is 1. The van der Waals surface area contributed by atoms with Crippen molar-refractivity contribution in [1.82, 2.24) is 20.6 Å². The van der Waals surface area contributed by atoms with Gasteiger partial charge in [0.1, 0.15) is 11.8 Å². The maximum absolute atomic E-state index is 14.3. The lowest BCUT2D eigenvalue weighted by Crippen LogP contribution is -2.62. The van der Waals surface area contributed by atoms with Crippen LogP contribution in [0, 0.1) is 29.1 Å². The molecule has 11 nitrogen and oxygen atoms in total. The molecule has 1 aliphatic heterocycles. The van der Waals surface area contributed by atoms with Crippen LogP contribution >= 0.6 is 0 Å². The molecule has 8 atom stereocenters. The van der Waals surface area contributed by atoms with E-state index in [2.05, 4.69) is 31.4 Å². The molecule has 0 aromatic heterocycles. The molecule has 1 saturated heterocycles. The summed E-state index contributed by atoms with van der Waals surface area (Å²) in [6, 6.07) is 11.1. The lowest BCUT2D eigenvalue weighted by molar-refractivity contribution is -0.176. The molecule has 11 heteroatoms. The number of nitrogens with two attached hydrogens (primary N) is 1. The number of para-hydroxylation sites is 1. The number of fused-ring (bicyclic) bond motifs is 2. The molecule has 2 aromatic rings. The summed E-state index contributed by atoms with van der Waals surface area (Å²) < 4.78 is 6.34. The van der Waals surface area contributed by atoms with Crippen LogP contribution in [0.1, 0.15) is 63.4 Å². The molecule has 5 N–H and O–H groups in total. The maximum Gasteiger partial charge on any atom is 0.251 e. The first-order chi connectivity index (χ1) is 23.7. The molecule has 276 valence electrons. The number of aliphatic hydroxyl groups excluding tert-OH is 1. The number of nitrogens with one attached hydrogen (secondary N) is 2. The molecule has 4 aliphatic rings.